The number of hydrogen-bond donors (Lipinski definition) is 1. The van der Waals surface area contributed by atoms with Crippen LogP contribution in [-0.4, -0.2) is 45.7 Å². The molecule has 1 aromatic carbocycles. The van der Waals surface area contributed by atoms with Crippen LogP contribution in [0.5, 0.6) is 11.5 Å². The number of likely N-dealkylation sites (N-methyl/N-ethyl adjacent to an activating group) is 1. The first-order valence-electron chi connectivity index (χ1n) is 9.72. The first-order valence-corrected chi connectivity index (χ1v) is 9.72. The highest BCUT2D eigenvalue weighted by Gasteiger charge is 2.34. The van der Waals surface area contributed by atoms with Crippen molar-refractivity contribution in [3.63, 3.8) is 0 Å². The lowest BCUT2D eigenvalue weighted by Gasteiger charge is -2.23. The third-order valence-electron chi connectivity index (χ3n) is 5.42. The average molecular weight is 386 g/mol. The maximum Gasteiger partial charge on any atom is 0.220 e. The van der Waals surface area contributed by atoms with E-state index in [4.69, 9.17) is 13.9 Å². The molecule has 1 aliphatic rings. The summed E-state index contributed by atoms with van der Waals surface area (Å²) >= 11 is 0. The minimum absolute atomic E-state index is 0.0133. The molecule has 1 amide bonds. The molecular weight excluding hydrogens is 356 g/mol. The zero-order valence-electron chi connectivity index (χ0n) is 17.1. The van der Waals surface area contributed by atoms with Gasteiger partial charge in [-0.15, -0.1) is 0 Å². The van der Waals surface area contributed by atoms with Crippen LogP contribution in [0.25, 0.3) is 0 Å². The summed E-state index contributed by atoms with van der Waals surface area (Å²) in [6, 6.07) is 9.78. The van der Waals surface area contributed by atoms with Gasteiger partial charge in [-0.1, -0.05) is 6.07 Å². The van der Waals surface area contributed by atoms with Crippen molar-refractivity contribution in [1.82, 2.24) is 10.2 Å². The summed E-state index contributed by atoms with van der Waals surface area (Å²) in [5, 5.41) is 3.09. The number of benzene rings is 1. The van der Waals surface area contributed by atoms with E-state index in [-0.39, 0.29) is 17.9 Å². The van der Waals surface area contributed by atoms with Gasteiger partial charge in [0.25, 0.3) is 0 Å². The Bertz CT molecular complexity index is 769. The van der Waals surface area contributed by atoms with Crippen molar-refractivity contribution in [2.45, 2.75) is 31.2 Å². The Hall–Kier alpha value is -2.47. The number of furan rings is 1. The Morgan fingerprint density at radius 2 is 1.96 bits per heavy atom. The highest BCUT2D eigenvalue weighted by Crippen LogP contribution is 2.46. The Kier molecular flexibility index (Phi) is 6.62. The maximum atomic E-state index is 12.7. The van der Waals surface area contributed by atoms with Crippen molar-refractivity contribution in [2.24, 2.45) is 5.92 Å². The fourth-order valence-electron chi connectivity index (χ4n) is 3.64. The van der Waals surface area contributed by atoms with Crippen molar-refractivity contribution in [3.05, 3.63) is 47.9 Å². The zero-order chi connectivity index (χ0) is 20.1. The van der Waals surface area contributed by atoms with Crippen LogP contribution in [0.2, 0.25) is 0 Å². The van der Waals surface area contributed by atoms with Crippen LogP contribution in [0.3, 0.4) is 0 Å². The van der Waals surface area contributed by atoms with E-state index in [2.05, 4.69) is 5.32 Å². The SMILES string of the molecule is COc1ccc(C(CC(=O)NCC(c2ccco2)N(C)C)C2CC2)cc1OC. The molecule has 28 heavy (non-hydrogen) atoms. The van der Waals surface area contributed by atoms with Crippen molar-refractivity contribution in [1.29, 1.82) is 0 Å². The third kappa shape index (κ3) is 4.87. The number of carbonyl (C=O) groups excluding carboxylic acids is 1. The van der Waals surface area contributed by atoms with Gasteiger partial charge in [-0.05, 0) is 68.6 Å². The largest absolute Gasteiger partial charge is 0.493 e. The van der Waals surface area contributed by atoms with Crippen LogP contribution < -0.4 is 14.8 Å². The summed E-state index contributed by atoms with van der Waals surface area (Å²) in [6.07, 6.45) is 4.46. The van der Waals surface area contributed by atoms with E-state index in [0.717, 1.165) is 11.3 Å². The molecule has 152 valence electrons. The molecule has 0 spiro atoms. The molecule has 0 aliphatic heterocycles. The number of carbonyl (C=O) groups is 1. The van der Waals surface area contributed by atoms with E-state index in [1.807, 2.05) is 49.3 Å². The molecule has 1 saturated carbocycles. The van der Waals surface area contributed by atoms with Crippen LogP contribution in [-0.2, 0) is 4.79 Å². The van der Waals surface area contributed by atoms with Gasteiger partial charge < -0.3 is 19.2 Å². The first-order chi connectivity index (χ1) is 13.5. The average Bonchev–Trinajstić information content (AvgIpc) is 3.40. The van der Waals surface area contributed by atoms with Gasteiger partial charge in [-0.25, -0.2) is 0 Å². The second-order valence-corrected chi connectivity index (χ2v) is 7.56. The van der Waals surface area contributed by atoms with Crippen molar-refractivity contribution in [3.8, 4) is 11.5 Å². The van der Waals surface area contributed by atoms with Gasteiger partial charge in [0, 0.05) is 13.0 Å². The molecular formula is C22H30N2O4. The van der Waals surface area contributed by atoms with Gasteiger partial charge in [-0.3, -0.25) is 9.69 Å². The van der Waals surface area contributed by atoms with E-state index in [1.165, 1.54) is 12.8 Å². The fourth-order valence-corrected chi connectivity index (χ4v) is 3.64. The number of rotatable bonds is 10. The molecule has 0 saturated heterocycles. The molecule has 1 aromatic heterocycles. The molecule has 0 bridgehead atoms. The quantitative estimate of drug-likeness (QED) is 0.676. The maximum absolute atomic E-state index is 12.7. The van der Waals surface area contributed by atoms with Gasteiger partial charge in [0.2, 0.25) is 5.91 Å². The second-order valence-electron chi connectivity index (χ2n) is 7.56. The fraction of sp³-hybridized carbons (Fsp3) is 0.500. The van der Waals surface area contributed by atoms with Crippen molar-refractivity contribution < 1.29 is 18.7 Å². The molecule has 6 heteroatoms. The highest BCUT2D eigenvalue weighted by atomic mass is 16.5. The summed E-state index contributed by atoms with van der Waals surface area (Å²) in [5.74, 6) is 3.07. The Labute approximate surface area is 166 Å². The Balaban J connectivity index is 1.65. The monoisotopic (exact) mass is 386 g/mol. The molecule has 1 fully saturated rings. The van der Waals surface area contributed by atoms with Gasteiger partial charge in [-0.2, -0.15) is 0 Å². The summed E-state index contributed by atoms with van der Waals surface area (Å²) in [7, 11) is 7.23. The topological polar surface area (TPSA) is 63.9 Å². The van der Waals surface area contributed by atoms with E-state index in [9.17, 15) is 4.79 Å². The number of hydrogen-bond acceptors (Lipinski definition) is 5. The molecule has 2 unspecified atom stereocenters. The van der Waals surface area contributed by atoms with Gasteiger partial charge in [0.15, 0.2) is 11.5 Å². The molecule has 2 aromatic rings. The molecule has 1 heterocycles. The first kappa shape index (κ1) is 20.3. The second kappa shape index (κ2) is 9.15. The van der Waals surface area contributed by atoms with Crippen LogP contribution in [0.4, 0.5) is 0 Å². The number of nitrogens with zero attached hydrogens (tertiary/aromatic N) is 1. The summed E-state index contributed by atoms with van der Waals surface area (Å²) in [5.41, 5.74) is 1.13. The Morgan fingerprint density at radius 3 is 2.54 bits per heavy atom. The lowest BCUT2D eigenvalue weighted by molar-refractivity contribution is -0.121. The predicted octanol–water partition coefficient (Wildman–Crippen LogP) is 3.60. The lowest BCUT2D eigenvalue weighted by Crippen LogP contribution is -2.35. The van der Waals surface area contributed by atoms with Gasteiger partial charge in [0.05, 0.1) is 26.5 Å². The van der Waals surface area contributed by atoms with E-state index in [1.54, 1.807) is 20.5 Å². The molecule has 2 atom stereocenters. The van der Waals surface area contributed by atoms with Crippen molar-refractivity contribution >= 4 is 5.91 Å². The van der Waals surface area contributed by atoms with E-state index in [0.29, 0.717) is 30.4 Å². The molecule has 3 rings (SSSR count). The normalized spacial score (nSPS) is 15.9. The third-order valence-corrected chi connectivity index (χ3v) is 5.42. The zero-order valence-corrected chi connectivity index (χ0v) is 17.1. The summed E-state index contributed by atoms with van der Waals surface area (Å²) < 4.78 is 16.3. The smallest absolute Gasteiger partial charge is 0.220 e. The van der Waals surface area contributed by atoms with Crippen LogP contribution in [0, 0.1) is 5.92 Å². The molecule has 1 aliphatic carbocycles. The molecule has 1 N–H and O–H groups in total. The predicted molar refractivity (Wildman–Crippen MR) is 108 cm³/mol. The van der Waals surface area contributed by atoms with Gasteiger partial charge in [0.1, 0.15) is 5.76 Å². The van der Waals surface area contributed by atoms with Crippen molar-refractivity contribution in [2.75, 3.05) is 34.9 Å². The molecule has 0 radical (unpaired) electrons. The highest BCUT2D eigenvalue weighted by molar-refractivity contribution is 5.77. The molecule has 6 nitrogen and oxygen atoms in total. The number of methoxy groups -OCH3 is 2. The van der Waals surface area contributed by atoms with E-state index >= 15 is 0 Å². The van der Waals surface area contributed by atoms with Crippen LogP contribution in [0.15, 0.2) is 41.0 Å². The number of nitrogens with one attached hydrogen (secondary N) is 1. The van der Waals surface area contributed by atoms with E-state index < -0.39 is 0 Å². The standard InChI is InChI=1S/C22H30N2O4/c1-24(2)18(19-6-5-11-28-19)14-23-22(25)13-17(15-7-8-15)16-9-10-20(26-3)21(12-16)27-4/h5-6,9-12,15,17-18H,7-8,13-14H2,1-4H3,(H,23,25). The Morgan fingerprint density at radius 1 is 1.21 bits per heavy atom. The minimum Gasteiger partial charge on any atom is -0.493 e. The van der Waals surface area contributed by atoms with Crippen LogP contribution >= 0.6 is 0 Å². The lowest BCUT2D eigenvalue weighted by atomic mass is 9.90. The summed E-state index contributed by atoms with van der Waals surface area (Å²) in [4.78, 5) is 14.8. The van der Waals surface area contributed by atoms with Crippen LogP contribution in [0.1, 0.15) is 42.5 Å². The number of ether oxygens (including phenoxy) is 2. The minimum atomic E-state index is 0.0133. The number of amides is 1. The van der Waals surface area contributed by atoms with Gasteiger partial charge >= 0.3 is 0 Å². The summed E-state index contributed by atoms with van der Waals surface area (Å²) in [6.45, 7) is 0.517.